The van der Waals surface area contributed by atoms with Gasteiger partial charge in [-0.15, -0.1) is 0 Å². The molecule has 0 saturated carbocycles. The Kier molecular flexibility index (Phi) is 4.87. The molecule has 0 heterocycles. The van der Waals surface area contributed by atoms with Gasteiger partial charge in [0.1, 0.15) is 0 Å². The van der Waals surface area contributed by atoms with Gasteiger partial charge in [-0.25, -0.2) is 0 Å². The largest absolute Gasteiger partial charge is 0.416 e. The Morgan fingerprint density at radius 1 is 0.852 bits per heavy atom. The van der Waals surface area contributed by atoms with Crippen molar-refractivity contribution in [2.24, 2.45) is 0 Å². The molecular formula is C21H17F6. The van der Waals surface area contributed by atoms with Gasteiger partial charge in [-0.2, -0.15) is 26.3 Å². The Bertz CT molecular complexity index is 868. The first-order valence-corrected chi connectivity index (χ1v) is 8.49. The molecule has 1 aliphatic carbocycles. The van der Waals surface area contributed by atoms with Crippen LogP contribution in [-0.2, 0) is 12.4 Å². The van der Waals surface area contributed by atoms with Crippen molar-refractivity contribution in [3.63, 3.8) is 0 Å². The second-order valence-corrected chi connectivity index (χ2v) is 6.67. The summed E-state index contributed by atoms with van der Waals surface area (Å²) in [6.07, 6.45) is -4.25. The molecule has 0 fully saturated rings. The average molecular weight is 383 g/mol. The van der Waals surface area contributed by atoms with E-state index in [1.54, 1.807) is 13.0 Å². The van der Waals surface area contributed by atoms with Crippen molar-refractivity contribution in [2.45, 2.75) is 39.0 Å². The summed E-state index contributed by atoms with van der Waals surface area (Å²) in [6, 6.07) is 5.31. The van der Waals surface area contributed by atoms with E-state index >= 15 is 0 Å². The predicted molar refractivity (Wildman–Crippen MR) is 92.9 cm³/mol. The fourth-order valence-electron chi connectivity index (χ4n) is 3.37. The van der Waals surface area contributed by atoms with Gasteiger partial charge in [-0.05, 0) is 59.4 Å². The number of aryl methyl sites for hydroxylation is 1. The summed E-state index contributed by atoms with van der Waals surface area (Å²) in [5, 5.41) is 0. The van der Waals surface area contributed by atoms with Gasteiger partial charge < -0.3 is 0 Å². The van der Waals surface area contributed by atoms with E-state index < -0.39 is 23.5 Å². The number of allylic oxidation sites excluding steroid dienone is 1. The van der Waals surface area contributed by atoms with Crippen molar-refractivity contribution < 1.29 is 26.3 Å². The highest BCUT2D eigenvalue weighted by Crippen LogP contribution is 2.43. The molecule has 27 heavy (non-hydrogen) atoms. The van der Waals surface area contributed by atoms with Gasteiger partial charge in [0.2, 0.25) is 0 Å². The maximum atomic E-state index is 13.2. The van der Waals surface area contributed by atoms with Crippen molar-refractivity contribution in [1.29, 1.82) is 0 Å². The molecule has 0 aliphatic heterocycles. The van der Waals surface area contributed by atoms with E-state index in [2.05, 4.69) is 0 Å². The highest BCUT2D eigenvalue weighted by molar-refractivity contribution is 5.85. The summed E-state index contributed by atoms with van der Waals surface area (Å²) >= 11 is 0. The molecule has 2 aromatic rings. The zero-order valence-corrected chi connectivity index (χ0v) is 14.7. The van der Waals surface area contributed by atoms with Crippen molar-refractivity contribution in [2.75, 3.05) is 0 Å². The molecule has 2 aromatic carbocycles. The zero-order valence-electron chi connectivity index (χ0n) is 14.7. The third kappa shape index (κ3) is 3.89. The summed E-state index contributed by atoms with van der Waals surface area (Å²) < 4.78 is 79.2. The Balaban J connectivity index is 2.25. The molecule has 0 nitrogen and oxygen atoms in total. The Morgan fingerprint density at radius 2 is 1.44 bits per heavy atom. The molecule has 0 bridgehead atoms. The molecule has 1 aliphatic rings. The third-order valence-corrected chi connectivity index (χ3v) is 4.57. The lowest BCUT2D eigenvalue weighted by Crippen LogP contribution is -2.11. The van der Waals surface area contributed by atoms with E-state index in [9.17, 15) is 26.3 Å². The monoisotopic (exact) mass is 383 g/mol. The molecule has 3 rings (SSSR count). The van der Waals surface area contributed by atoms with Crippen LogP contribution in [0.4, 0.5) is 26.3 Å². The topological polar surface area (TPSA) is 0 Å². The van der Waals surface area contributed by atoms with Crippen LogP contribution in [0.25, 0.3) is 17.2 Å². The van der Waals surface area contributed by atoms with Gasteiger partial charge in [-0.3, -0.25) is 0 Å². The number of alkyl halides is 6. The molecule has 1 radical (unpaired) electrons. The van der Waals surface area contributed by atoms with Crippen LogP contribution in [0.3, 0.4) is 0 Å². The van der Waals surface area contributed by atoms with E-state index in [-0.39, 0.29) is 11.6 Å². The lowest BCUT2D eigenvalue weighted by atomic mass is 9.90. The SMILES string of the molecule is CCCC1=Cc2c(ccc(C)c2-c2cc(C(F)(F)F)cc(C(F)(F)F)c2)[CH]1. The van der Waals surface area contributed by atoms with E-state index in [4.69, 9.17) is 0 Å². The molecule has 0 unspecified atom stereocenters. The van der Waals surface area contributed by atoms with Gasteiger partial charge in [0.25, 0.3) is 0 Å². The maximum Gasteiger partial charge on any atom is 0.416 e. The summed E-state index contributed by atoms with van der Waals surface area (Å²) in [5.74, 6) is 0. The minimum Gasteiger partial charge on any atom is -0.166 e. The fourth-order valence-corrected chi connectivity index (χ4v) is 3.37. The van der Waals surface area contributed by atoms with Crippen LogP contribution in [0.5, 0.6) is 0 Å². The standard InChI is InChI=1S/C21H17F6/c1-3-4-13-7-14-6-5-12(2)19(18(14)8-13)15-9-16(20(22,23)24)11-17(10-15)21(25,26)27/h5-11H,3-4H2,1-2H3. The number of benzene rings is 2. The van der Waals surface area contributed by atoms with E-state index in [1.807, 2.05) is 25.5 Å². The van der Waals surface area contributed by atoms with Crippen LogP contribution < -0.4 is 0 Å². The number of rotatable bonds is 3. The zero-order chi connectivity index (χ0) is 20.0. The van der Waals surface area contributed by atoms with Crippen LogP contribution in [0.2, 0.25) is 0 Å². The molecule has 0 atom stereocenters. The summed E-state index contributed by atoms with van der Waals surface area (Å²) in [6.45, 7) is 3.70. The normalized spacial score (nSPS) is 14.3. The van der Waals surface area contributed by atoms with Crippen molar-refractivity contribution in [3.05, 3.63) is 70.1 Å². The van der Waals surface area contributed by atoms with Crippen molar-refractivity contribution in [3.8, 4) is 11.1 Å². The Morgan fingerprint density at radius 3 is 1.96 bits per heavy atom. The smallest absolute Gasteiger partial charge is 0.166 e. The predicted octanol–water partition coefficient (Wildman–Crippen LogP) is 7.45. The Labute approximate surface area is 153 Å². The second kappa shape index (κ2) is 6.73. The van der Waals surface area contributed by atoms with E-state index in [0.29, 0.717) is 16.7 Å². The quantitative estimate of drug-likeness (QED) is 0.483. The Hall–Kier alpha value is -2.24. The molecule has 0 amide bonds. The molecule has 6 heteroatoms. The van der Waals surface area contributed by atoms with Gasteiger partial charge >= 0.3 is 12.4 Å². The first kappa shape index (κ1) is 19.5. The lowest BCUT2D eigenvalue weighted by Gasteiger charge is -2.17. The third-order valence-electron chi connectivity index (χ3n) is 4.57. The van der Waals surface area contributed by atoms with Crippen LogP contribution in [0.1, 0.15) is 47.6 Å². The highest BCUT2D eigenvalue weighted by Gasteiger charge is 2.37. The second-order valence-electron chi connectivity index (χ2n) is 6.67. The lowest BCUT2D eigenvalue weighted by molar-refractivity contribution is -0.143. The van der Waals surface area contributed by atoms with Crippen molar-refractivity contribution >= 4 is 6.08 Å². The number of hydrogen-bond acceptors (Lipinski definition) is 0. The van der Waals surface area contributed by atoms with Gasteiger partial charge in [0.05, 0.1) is 11.1 Å². The van der Waals surface area contributed by atoms with Gasteiger partial charge in [0, 0.05) is 6.42 Å². The molecule has 0 spiro atoms. The molecule has 0 saturated heterocycles. The minimum absolute atomic E-state index is 0.0751. The highest BCUT2D eigenvalue weighted by atomic mass is 19.4. The summed E-state index contributed by atoms with van der Waals surface area (Å²) in [4.78, 5) is 0. The number of fused-ring (bicyclic) bond motifs is 1. The minimum atomic E-state index is -4.86. The molecule has 0 N–H and O–H groups in total. The average Bonchev–Trinajstić information content (AvgIpc) is 2.95. The van der Waals surface area contributed by atoms with Crippen LogP contribution in [0, 0.1) is 13.3 Å². The van der Waals surface area contributed by atoms with Crippen LogP contribution in [-0.4, -0.2) is 0 Å². The summed E-state index contributed by atoms with van der Waals surface area (Å²) in [5.41, 5.74) is 0.857. The maximum absolute atomic E-state index is 13.2. The van der Waals surface area contributed by atoms with Crippen LogP contribution >= 0.6 is 0 Å². The fraction of sp³-hybridized carbons (Fsp3) is 0.286. The molecular weight excluding hydrogens is 366 g/mol. The van der Waals surface area contributed by atoms with Gasteiger partial charge in [-0.1, -0.05) is 37.1 Å². The van der Waals surface area contributed by atoms with E-state index in [1.165, 1.54) is 0 Å². The number of hydrogen-bond donors (Lipinski definition) is 0. The van der Waals surface area contributed by atoms with Crippen molar-refractivity contribution in [1.82, 2.24) is 0 Å². The molecule has 0 aromatic heterocycles. The number of halogens is 6. The summed E-state index contributed by atoms with van der Waals surface area (Å²) in [7, 11) is 0. The van der Waals surface area contributed by atoms with Gasteiger partial charge in [0.15, 0.2) is 0 Å². The molecule has 143 valence electrons. The van der Waals surface area contributed by atoms with E-state index in [0.717, 1.165) is 36.1 Å². The van der Waals surface area contributed by atoms with Crippen LogP contribution in [0.15, 0.2) is 35.9 Å². The first-order chi connectivity index (χ1) is 12.5. The first-order valence-electron chi connectivity index (χ1n) is 8.49.